The average molecular weight is 274 g/mol. The van der Waals surface area contributed by atoms with Gasteiger partial charge in [-0.2, -0.15) is 0 Å². The van der Waals surface area contributed by atoms with Gasteiger partial charge in [0.25, 0.3) is 0 Å². The minimum absolute atomic E-state index is 0.0610. The van der Waals surface area contributed by atoms with Gasteiger partial charge < -0.3 is 13.9 Å². The second kappa shape index (κ2) is 4.67. The lowest BCUT2D eigenvalue weighted by molar-refractivity contribution is -0.142. The van der Waals surface area contributed by atoms with Gasteiger partial charge in [0.05, 0.1) is 6.61 Å². The highest BCUT2D eigenvalue weighted by molar-refractivity contribution is 5.83. The van der Waals surface area contributed by atoms with E-state index in [1.807, 2.05) is 6.07 Å². The highest BCUT2D eigenvalue weighted by atomic mass is 16.5. The molecule has 1 aromatic carbocycles. The summed E-state index contributed by atoms with van der Waals surface area (Å²) >= 11 is 0. The van der Waals surface area contributed by atoms with E-state index in [4.69, 9.17) is 13.9 Å². The first-order chi connectivity index (χ1) is 9.54. The van der Waals surface area contributed by atoms with Crippen LogP contribution in [0.3, 0.4) is 0 Å². The Bertz CT molecular complexity index is 744. The molecule has 0 amide bonds. The summed E-state index contributed by atoms with van der Waals surface area (Å²) in [5.74, 6) is 0.657. The van der Waals surface area contributed by atoms with Gasteiger partial charge in [0.15, 0.2) is 0 Å². The fourth-order valence-corrected chi connectivity index (χ4v) is 2.38. The molecule has 0 saturated heterocycles. The molecule has 3 rings (SSSR count). The van der Waals surface area contributed by atoms with Crippen LogP contribution >= 0.6 is 0 Å². The molecule has 0 bridgehead atoms. The van der Waals surface area contributed by atoms with Crippen LogP contribution in [0.5, 0.6) is 5.75 Å². The first-order valence-electron chi connectivity index (χ1n) is 6.41. The summed E-state index contributed by atoms with van der Waals surface area (Å²) in [4.78, 5) is 22.5. The fourth-order valence-electron chi connectivity index (χ4n) is 2.38. The summed E-state index contributed by atoms with van der Waals surface area (Å²) in [6.07, 6.45) is 0. The number of carbonyl (C=O) groups excluding carboxylic acids is 1. The van der Waals surface area contributed by atoms with Crippen LogP contribution in [0, 0.1) is 0 Å². The number of fused-ring (bicyclic) bond motifs is 2. The Hall–Kier alpha value is -2.30. The third-order valence-corrected chi connectivity index (χ3v) is 3.41. The van der Waals surface area contributed by atoms with Crippen molar-refractivity contribution in [1.82, 2.24) is 0 Å². The SMILES string of the molecule is CC(=O)OCc1cc(=O)oc2cc3c(cc12)C(C)CO3. The van der Waals surface area contributed by atoms with Crippen LogP contribution < -0.4 is 10.4 Å². The van der Waals surface area contributed by atoms with E-state index in [1.165, 1.54) is 13.0 Å². The van der Waals surface area contributed by atoms with Crippen molar-refractivity contribution in [2.75, 3.05) is 6.61 Å². The van der Waals surface area contributed by atoms with Crippen molar-refractivity contribution in [3.63, 3.8) is 0 Å². The van der Waals surface area contributed by atoms with Gasteiger partial charge in [0.1, 0.15) is 17.9 Å². The molecule has 0 spiro atoms. The third-order valence-electron chi connectivity index (χ3n) is 3.41. The van der Waals surface area contributed by atoms with Crippen LogP contribution in [0.15, 0.2) is 27.4 Å². The van der Waals surface area contributed by atoms with Crippen molar-refractivity contribution in [2.45, 2.75) is 26.4 Å². The normalized spacial score (nSPS) is 16.8. The Morgan fingerprint density at radius 1 is 1.40 bits per heavy atom. The van der Waals surface area contributed by atoms with Gasteiger partial charge in [-0.3, -0.25) is 4.79 Å². The monoisotopic (exact) mass is 274 g/mol. The Labute approximate surface area is 115 Å². The van der Waals surface area contributed by atoms with E-state index in [0.29, 0.717) is 23.7 Å². The second-order valence-corrected chi connectivity index (χ2v) is 4.97. The number of hydrogen-bond acceptors (Lipinski definition) is 5. The van der Waals surface area contributed by atoms with E-state index in [9.17, 15) is 9.59 Å². The highest BCUT2D eigenvalue weighted by Gasteiger charge is 2.22. The van der Waals surface area contributed by atoms with Crippen LogP contribution in [0.25, 0.3) is 11.0 Å². The van der Waals surface area contributed by atoms with E-state index in [0.717, 1.165) is 16.7 Å². The molecule has 0 radical (unpaired) electrons. The second-order valence-electron chi connectivity index (χ2n) is 4.97. The van der Waals surface area contributed by atoms with Crippen molar-refractivity contribution in [3.8, 4) is 5.75 Å². The zero-order chi connectivity index (χ0) is 14.3. The van der Waals surface area contributed by atoms with E-state index in [1.54, 1.807) is 6.07 Å². The third kappa shape index (κ3) is 2.15. The van der Waals surface area contributed by atoms with E-state index in [2.05, 4.69) is 6.92 Å². The molecule has 0 saturated carbocycles. The van der Waals surface area contributed by atoms with Crippen molar-refractivity contribution in [1.29, 1.82) is 0 Å². The molecule has 1 aliphatic rings. The molecule has 104 valence electrons. The molecule has 1 atom stereocenters. The van der Waals surface area contributed by atoms with E-state index >= 15 is 0 Å². The zero-order valence-electron chi connectivity index (χ0n) is 11.3. The van der Waals surface area contributed by atoms with Crippen molar-refractivity contribution < 1.29 is 18.7 Å². The first kappa shape index (κ1) is 12.7. The maximum atomic E-state index is 11.6. The number of ether oxygens (including phenoxy) is 2. The predicted octanol–water partition coefficient (Wildman–Crippen LogP) is 2.35. The average Bonchev–Trinajstić information content (AvgIpc) is 2.75. The summed E-state index contributed by atoms with van der Waals surface area (Å²) in [5.41, 5.74) is 1.71. The topological polar surface area (TPSA) is 65.7 Å². The molecular weight excluding hydrogens is 260 g/mol. The van der Waals surface area contributed by atoms with Gasteiger partial charge in [-0.1, -0.05) is 6.92 Å². The fraction of sp³-hybridized carbons (Fsp3) is 0.333. The largest absolute Gasteiger partial charge is 0.493 e. The molecule has 0 N–H and O–H groups in total. The van der Waals surface area contributed by atoms with Crippen molar-refractivity contribution >= 4 is 16.9 Å². The highest BCUT2D eigenvalue weighted by Crippen LogP contribution is 2.37. The summed E-state index contributed by atoms with van der Waals surface area (Å²) in [6.45, 7) is 4.09. The van der Waals surface area contributed by atoms with Gasteiger partial charge in [-0.15, -0.1) is 0 Å². The molecule has 1 aromatic heterocycles. The minimum atomic E-state index is -0.467. The Balaban J connectivity index is 2.16. The Morgan fingerprint density at radius 2 is 2.20 bits per heavy atom. The van der Waals surface area contributed by atoms with E-state index < -0.39 is 5.63 Å². The minimum Gasteiger partial charge on any atom is -0.493 e. The van der Waals surface area contributed by atoms with Crippen LogP contribution in [0.2, 0.25) is 0 Å². The summed E-state index contributed by atoms with van der Waals surface area (Å²) < 4.78 is 15.7. The van der Waals surface area contributed by atoms with Gasteiger partial charge in [0, 0.05) is 41.5 Å². The van der Waals surface area contributed by atoms with Crippen LogP contribution in [0.1, 0.15) is 30.9 Å². The lowest BCUT2D eigenvalue weighted by Crippen LogP contribution is -2.05. The summed E-state index contributed by atoms with van der Waals surface area (Å²) in [7, 11) is 0. The standard InChI is InChI=1S/C15H14O5/c1-8-6-19-13-5-14-12(4-11(8)13)10(3-15(17)20-14)7-18-9(2)16/h3-5,8H,6-7H2,1-2H3. The van der Waals surface area contributed by atoms with Gasteiger partial charge in [0.2, 0.25) is 0 Å². The van der Waals surface area contributed by atoms with Crippen LogP contribution in [-0.4, -0.2) is 12.6 Å². The molecule has 5 heteroatoms. The number of rotatable bonds is 2. The molecule has 2 aromatic rings. The van der Waals surface area contributed by atoms with Crippen LogP contribution in [0.4, 0.5) is 0 Å². The number of esters is 1. The van der Waals surface area contributed by atoms with Gasteiger partial charge in [-0.25, -0.2) is 4.79 Å². The number of carbonyl (C=O) groups is 1. The maximum absolute atomic E-state index is 11.6. The molecule has 1 unspecified atom stereocenters. The smallest absolute Gasteiger partial charge is 0.336 e. The van der Waals surface area contributed by atoms with Crippen LogP contribution in [-0.2, 0) is 16.1 Å². The predicted molar refractivity (Wildman–Crippen MR) is 71.9 cm³/mol. The zero-order valence-corrected chi connectivity index (χ0v) is 11.3. The lowest BCUT2D eigenvalue weighted by Gasteiger charge is -2.08. The van der Waals surface area contributed by atoms with Gasteiger partial charge >= 0.3 is 11.6 Å². The molecule has 2 heterocycles. The number of hydrogen-bond donors (Lipinski definition) is 0. The van der Waals surface area contributed by atoms with Crippen molar-refractivity contribution in [2.24, 2.45) is 0 Å². The molecule has 5 nitrogen and oxygen atoms in total. The summed E-state index contributed by atoms with van der Waals surface area (Å²) in [6, 6.07) is 5.04. The molecule has 1 aliphatic heterocycles. The molecule has 20 heavy (non-hydrogen) atoms. The Kier molecular flexibility index (Phi) is 2.97. The maximum Gasteiger partial charge on any atom is 0.336 e. The van der Waals surface area contributed by atoms with E-state index in [-0.39, 0.29) is 12.6 Å². The molecular formula is C15H14O5. The number of benzene rings is 1. The Morgan fingerprint density at radius 3 is 2.95 bits per heavy atom. The van der Waals surface area contributed by atoms with Crippen molar-refractivity contribution in [3.05, 3.63) is 39.7 Å². The summed E-state index contributed by atoms with van der Waals surface area (Å²) in [5, 5.41) is 0.780. The van der Waals surface area contributed by atoms with Gasteiger partial charge in [-0.05, 0) is 6.07 Å². The first-order valence-corrected chi connectivity index (χ1v) is 6.41. The molecule has 0 fully saturated rings. The lowest BCUT2D eigenvalue weighted by atomic mass is 10.00. The quantitative estimate of drug-likeness (QED) is 0.621. The molecule has 0 aliphatic carbocycles.